The molecule has 1 atom stereocenters. The van der Waals surface area contributed by atoms with Crippen LogP contribution in [0.5, 0.6) is 0 Å². The number of nitrogens with two attached hydrogens (primary N) is 1. The van der Waals surface area contributed by atoms with Gasteiger partial charge in [-0.3, -0.25) is 4.84 Å². The van der Waals surface area contributed by atoms with Gasteiger partial charge in [0.15, 0.2) is 6.10 Å². The van der Waals surface area contributed by atoms with Crippen molar-refractivity contribution in [1.82, 2.24) is 4.98 Å². The minimum absolute atomic E-state index is 0.570. The van der Waals surface area contributed by atoms with Crippen molar-refractivity contribution in [3.8, 4) is 11.3 Å². The fourth-order valence-corrected chi connectivity index (χ4v) is 3.58. The zero-order valence-corrected chi connectivity index (χ0v) is 15.1. The molecule has 136 valence electrons. The Kier molecular flexibility index (Phi) is 4.13. The summed E-state index contributed by atoms with van der Waals surface area (Å²) in [4.78, 5) is 10.3. The van der Waals surface area contributed by atoms with Gasteiger partial charge in [-0.15, -0.1) is 0 Å². The Bertz CT molecular complexity index is 1230. The summed E-state index contributed by atoms with van der Waals surface area (Å²) in [5, 5.41) is 2.03. The molecule has 0 saturated carbocycles. The third kappa shape index (κ3) is 2.85. The molecule has 1 unspecified atom stereocenters. The maximum atomic E-state index is 6.05. The predicted octanol–water partition coefficient (Wildman–Crippen LogP) is 5.63. The zero-order chi connectivity index (χ0) is 18.9. The van der Waals surface area contributed by atoms with Crippen LogP contribution in [-0.2, 0) is 4.84 Å². The van der Waals surface area contributed by atoms with E-state index in [0.29, 0.717) is 5.76 Å². The molecule has 3 aromatic carbocycles. The van der Waals surface area contributed by atoms with Crippen molar-refractivity contribution in [3.63, 3.8) is 0 Å². The smallest absolute Gasteiger partial charge is 0.163 e. The van der Waals surface area contributed by atoms with Gasteiger partial charge in [-0.05, 0) is 24.3 Å². The minimum atomic E-state index is -0.570. The monoisotopic (exact) mass is 366 g/mol. The highest BCUT2D eigenvalue weighted by Gasteiger charge is 2.24. The van der Waals surface area contributed by atoms with E-state index in [0.717, 1.165) is 38.7 Å². The Morgan fingerprint density at radius 3 is 2.29 bits per heavy atom. The average Bonchev–Trinajstić information content (AvgIpc) is 3.18. The summed E-state index contributed by atoms with van der Waals surface area (Å²) in [6.45, 7) is 0. The SMILES string of the molecule is NOC(c1cc2ccccc2o1)c1cc2ccccc2nc1-c1ccccc1. The molecule has 0 amide bonds. The van der Waals surface area contributed by atoms with Gasteiger partial charge in [0.25, 0.3) is 0 Å². The number of nitrogens with zero attached hydrogens (tertiary/aromatic N) is 1. The lowest BCUT2D eigenvalue weighted by molar-refractivity contribution is 0.0672. The molecule has 0 aliphatic heterocycles. The number of hydrogen-bond donors (Lipinski definition) is 1. The standard InChI is InChI=1S/C24H18N2O2/c25-28-24(22-15-18-11-5-7-13-21(18)27-22)19-14-17-10-4-6-12-20(17)26-23(19)16-8-2-1-3-9-16/h1-15,24H,25H2. The van der Waals surface area contributed by atoms with E-state index in [4.69, 9.17) is 20.1 Å². The van der Waals surface area contributed by atoms with Crippen LogP contribution < -0.4 is 5.90 Å². The molecule has 0 radical (unpaired) electrons. The largest absolute Gasteiger partial charge is 0.458 e. The van der Waals surface area contributed by atoms with Crippen molar-refractivity contribution in [2.24, 2.45) is 5.90 Å². The second-order valence-corrected chi connectivity index (χ2v) is 6.69. The number of fused-ring (bicyclic) bond motifs is 2. The highest BCUT2D eigenvalue weighted by molar-refractivity contribution is 5.84. The lowest BCUT2D eigenvalue weighted by atomic mass is 9.98. The number of para-hydroxylation sites is 2. The van der Waals surface area contributed by atoms with Gasteiger partial charge in [-0.25, -0.2) is 10.9 Å². The molecule has 0 spiro atoms. The van der Waals surface area contributed by atoms with Crippen molar-refractivity contribution in [1.29, 1.82) is 0 Å². The first-order chi connectivity index (χ1) is 13.8. The zero-order valence-electron chi connectivity index (χ0n) is 15.1. The van der Waals surface area contributed by atoms with Crippen molar-refractivity contribution in [2.45, 2.75) is 6.10 Å². The summed E-state index contributed by atoms with van der Waals surface area (Å²) in [5.74, 6) is 6.41. The first kappa shape index (κ1) is 16.7. The number of aromatic nitrogens is 1. The normalized spacial score (nSPS) is 12.5. The van der Waals surface area contributed by atoms with E-state index in [1.807, 2.05) is 84.9 Å². The van der Waals surface area contributed by atoms with Gasteiger partial charge in [0.2, 0.25) is 0 Å². The summed E-state index contributed by atoms with van der Waals surface area (Å²) in [7, 11) is 0. The second kappa shape index (κ2) is 6.93. The van der Waals surface area contributed by atoms with Crippen molar-refractivity contribution in [3.05, 3.63) is 102 Å². The lowest BCUT2D eigenvalue weighted by Gasteiger charge is -2.17. The average molecular weight is 366 g/mol. The second-order valence-electron chi connectivity index (χ2n) is 6.69. The van der Waals surface area contributed by atoms with Gasteiger partial charge in [-0.2, -0.15) is 0 Å². The van der Waals surface area contributed by atoms with Crippen LogP contribution in [-0.4, -0.2) is 4.98 Å². The summed E-state index contributed by atoms with van der Waals surface area (Å²) in [6.07, 6.45) is -0.570. The molecule has 2 aromatic heterocycles. The molecule has 0 aliphatic carbocycles. The summed E-state index contributed by atoms with van der Waals surface area (Å²) >= 11 is 0. The van der Waals surface area contributed by atoms with E-state index in [9.17, 15) is 0 Å². The fraction of sp³-hybridized carbons (Fsp3) is 0.0417. The Labute approximate surface area is 162 Å². The Morgan fingerprint density at radius 1 is 0.786 bits per heavy atom. The van der Waals surface area contributed by atoms with Crippen LogP contribution in [0.2, 0.25) is 0 Å². The van der Waals surface area contributed by atoms with Gasteiger partial charge in [0.05, 0.1) is 11.2 Å². The third-order valence-corrected chi connectivity index (χ3v) is 4.92. The summed E-state index contributed by atoms with van der Waals surface area (Å²) in [6, 6.07) is 30.0. The molecular weight excluding hydrogens is 348 g/mol. The number of pyridine rings is 1. The van der Waals surface area contributed by atoms with Crippen molar-refractivity contribution in [2.75, 3.05) is 0 Å². The Morgan fingerprint density at radius 2 is 1.50 bits per heavy atom. The summed E-state index contributed by atoms with van der Waals surface area (Å²) < 4.78 is 6.05. The van der Waals surface area contributed by atoms with Crippen LogP contribution in [0.4, 0.5) is 0 Å². The molecule has 2 heterocycles. The number of benzene rings is 3. The molecule has 5 rings (SSSR count). The van der Waals surface area contributed by atoms with Gasteiger partial charge < -0.3 is 4.42 Å². The number of rotatable bonds is 4. The molecule has 5 aromatic rings. The van der Waals surface area contributed by atoms with E-state index in [2.05, 4.69) is 6.07 Å². The van der Waals surface area contributed by atoms with Crippen LogP contribution in [0.25, 0.3) is 33.1 Å². The quantitative estimate of drug-likeness (QED) is 0.419. The van der Waals surface area contributed by atoms with Crippen LogP contribution in [0.1, 0.15) is 17.4 Å². The first-order valence-electron chi connectivity index (χ1n) is 9.12. The minimum Gasteiger partial charge on any atom is -0.458 e. The lowest BCUT2D eigenvalue weighted by Crippen LogP contribution is -2.12. The molecule has 28 heavy (non-hydrogen) atoms. The first-order valence-corrected chi connectivity index (χ1v) is 9.12. The van der Waals surface area contributed by atoms with Gasteiger partial charge in [0.1, 0.15) is 11.3 Å². The van der Waals surface area contributed by atoms with Crippen LogP contribution in [0.3, 0.4) is 0 Å². The number of hydrogen-bond acceptors (Lipinski definition) is 4. The van der Waals surface area contributed by atoms with Crippen LogP contribution in [0, 0.1) is 0 Å². The Hall–Kier alpha value is -3.47. The van der Waals surface area contributed by atoms with Gasteiger partial charge in [-0.1, -0.05) is 66.7 Å². The number of furan rings is 1. The van der Waals surface area contributed by atoms with Crippen molar-refractivity contribution < 1.29 is 9.25 Å². The highest BCUT2D eigenvalue weighted by atomic mass is 16.6. The molecular formula is C24H18N2O2. The maximum Gasteiger partial charge on any atom is 0.163 e. The summed E-state index contributed by atoms with van der Waals surface area (Å²) in [5.41, 5.74) is 4.42. The van der Waals surface area contributed by atoms with E-state index in [1.54, 1.807) is 0 Å². The molecule has 0 aliphatic rings. The molecule has 0 bridgehead atoms. The van der Waals surface area contributed by atoms with E-state index in [-0.39, 0.29) is 0 Å². The highest BCUT2D eigenvalue weighted by Crippen LogP contribution is 2.36. The van der Waals surface area contributed by atoms with E-state index in [1.165, 1.54) is 0 Å². The molecule has 2 N–H and O–H groups in total. The maximum absolute atomic E-state index is 6.05. The topological polar surface area (TPSA) is 61.3 Å². The van der Waals surface area contributed by atoms with E-state index < -0.39 is 6.10 Å². The van der Waals surface area contributed by atoms with Crippen LogP contribution >= 0.6 is 0 Å². The van der Waals surface area contributed by atoms with Gasteiger partial charge >= 0.3 is 0 Å². The molecule has 4 heteroatoms. The fourth-order valence-electron chi connectivity index (χ4n) is 3.58. The van der Waals surface area contributed by atoms with Gasteiger partial charge in [0, 0.05) is 21.9 Å². The third-order valence-electron chi connectivity index (χ3n) is 4.92. The van der Waals surface area contributed by atoms with E-state index >= 15 is 0 Å². The predicted molar refractivity (Wildman–Crippen MR) is 111 cm³/mol. The van der Waals surface area contributed by atoms with Crippen LogP contribution in [0.15, 0.2) is 95.4 Å². The molecule has 0 saturated heterocycles. The van der Waals surface area contributed by atoms with Crippen molar-refractivity contribution >= 4 is 21.9 Å². The molecule has 4 nitrogen and oxygen atoms in total. The Balaban J connectivity index is 1.75. The molecule has 0 fully saturated rings.